The van der Waals surface area contributed by atoms with Gasteiger partial charge in [0.25, 0.3) is 0 Å². The van der Waals surface area contributed by atoms with Crippen molar-refractivity contribution in [2.75, 3.05) is 11.9 Å². The number of rotatable bonds is 8. The van der Waals surface area contributed by atoms with Crippen LogP contribution < -0.4 is 5.32 Å². The lowest BCUT2D eigenvalue weighted by Crippen LogP contribution is -2.32. The molecule has 2 saturated heterocycles. The van der Waals surface area contributed by atoms with Gasteiger partial charge < -0.3 is 19.5 Å². The van der Waals surface area contributed by atoms with Gasteiger partial charge in [0, 0.05) is 12.5 Å². The Balaban J connectivity index is 1.20. The van der Waals surface area contributed by atoms with E-state index in [9.17, 15) is 0 Å². The fraction of sp³-hybridized carbons (Fsp3) is 0.345. The Morgan fingerprint density at radius 2 is 1.66 bits per heavy atom. The van der Waals surface area contributed by atoms with Crippen LogP contribution >= 0.6 is 11.6 Å². The maximum Gasteiger partial charge on any atom is 0.226 e. The number of nitrogens with one attached hydrogen (secondary N) is 1. The van der Waals surface area contributed by atoms with E-state index in [-0.39, 0.29) is 29.5 Å². The van der Waals surface area contributed by atoms with Gasteiger partial charge in [0.15, 0.2) is 29.0 Å². The lowest BCUT2D eigenvalue weighted by Gasteiger charge is -2.24. The van der Waals surface area contributed by atoms with Crippen molar-refractivity contribution in [2.24, 2.45) is 0 Å². The highest BCUT2D eigenvalue weighted by atomic mass is 35.5. The van der Waals surface area contributed by atoms with Gasteiger partial charge in [0.2, 0.25) is 5.28 Å². The molecule has 4 atom stereocenters. The first-order valence-electron chi connectivity index (χ1n) is 13.5. The molecule has 5 aromatic rings. The number of imidazole rings is 1. The topological polar surface area (TPSA) is 114 Å². The number of benzene rings is 2. The van der Waals surface area contributed by atoms with E-state index in [2.05, 4.69) is 49.6 Å². The molecule has 2 unspecified atom stereocenters. The first-order valence-corrected chi connectivity index (χ1v) is 13.9. The van der Waals surface area contributed by atoms with Crippen molar-refractivity contribution >= 4 is 28.6 Å². The highest BCUT2D eigenvalue weighted by Crippen LogP contribution is 2.44. The van der Waals surface area contributed by atoms with E-state index in [1.165, 1.54) is 17.5 Å². The second-order valence-electron chi connectivity index (χ2n) is 10.7. The first kappa shape index (κ1) is 26.0. The largest absolute Gasteiger partial charge is 0.367 e. The fourth-order valence-corrected chi connectivity index (χ4v) is 5.90. The maximum absolute atomic E-state index is 6.50. The van der Waals surface area contributed by atoms with Gasteiger partial charge in [0.05, 0.1) is 12.9 Å². The highest BCUT2D eigenvalue weighted by molar-refractivity contribution is 6.28. The molecule has 1 N–H and O–H groups in total. The van der Waals surface area contributed by atoms with E-state index in [1.807, 2.05) is 54.8 Å². The van der Waals surface area contributed by atoms with Crippen molar-refractivity contribution in [3.8, 4) is 0 Å². The minimum Gasteiger partial charge on any atom is -0.367 e. The fourth-order valence-electron chi connectivity index (χ4n) is 5.74. The summed E-state index contributed by atoms with van der Waals surface area (Å²) in [5.41, 5.74) is 3.52. The summed E-state index contributed by atoms with van der Waals surface area (Å²) < 4.78 is 22.6. The molecule has 0 bridgehead atoms. The molecular weight excluding hydrogens is 544 g/mol. The summed E-state index contributed by atoms with van der Waals surface area (Å²) in [6, 6.07) is 20.8. The summed E-state index contributed by atoms with van der Waals surface area (Å²) in [6.07, 6.45) is 3.28. The normalized spacial score (nSPS) is 23.3. The number of anilines is 1. The molecule has 12 heteroatoms. The molecule has 41 heavy (non-hydrogen) atoms. The van der Waals surface area contributed by atoms with Crippen LogP contribution in [0.2, 0.25) is 5.28 Å². The lowest BCUT2D eigenvalue weighted by molar-refractivity contribution is -0.197. The zero-order valence-electron chi connectivity index (χ0n) is 22.5. The Kier molecular flexibility index (Phi) is 6.66. The minimum atomic E-state index is -0.766. The first-order chi connectivity index (χ1) is 19.9. The molecule has 0 aliphatic carbocycles. The highest BCUT2D eigenvalue weighted by Gasteiger charge is 2.56. The standard InChI is InChI=1S/C29H29ClN8O3/c1-29(2)40-23-21(14-37-16-31-15-34-37)39-27(24(23)41-29)38-17-33-22-25(35-28(30)36-26(22)38)32-13-20(18-9-5-3-6-10-18)19-11-7-4-8-12-19/h3-12,15-17,20-21,23-24,27H,13-14H2,1-2H3,(H,32,35,36)/t21?,23-,24-,27?/m1/s1. The minimum absolute atomic E-state index is 0.0889. The number of halogens is 1. The predicted octanol–water partition coefficient (Wildman–Crippen LogP) is 4.43. The molecule has 0 saturated carbocycles. The van der Waals surface area contributed by atoms with Crippen molar-refractivity contribution in [2.45, 2.75) is 56.6 Å². The average Bonchev–Trinajstić information content (AvgIpc) is 3.75. The molecule has 2 aliphatic heterocycles. The maximum atomic E-state index is 6.50. The Morgan fingerprint density at radius 1 is 0.951 bits per heavy atom. The molecule has 11 nitrogen and oxygen atoms in total. The van der Waals surface area contributed by atoms with Crippen LogP contribution in [0.25, 0.3) is 11.2 Å². The van der Waals surface area contributed by atoms with Gasteiger partial charge in [-0.3, -0.25) is 9.25 Å². The predicted molar refractivity (Wildman–Crippen MR) is 151 cm³/mol. The molecule has 2 fully saturated rings. The summed E-state index contributed by atoms with van der Waals surface area (Å²) in [4.78, 5) is 17.8. The third-order valence-corrected chi connectivity index (χ3v) is 7.67. The molecule has 210 valence electrons. The number of nitrogens with zero attached hydrogens (tertiary/aromatic N) is 7. The summed E-state index contributed by atoms with van der Waals surface area (Å²) >= 11 is 6.47. The number of aromatic nitrogens is 7. The lowest BCUT2D eigenvalue weighted by atomic mass is 9.91. The zero-order chi connectivity index (χ0) is 28.0. The number of hydrogen-bond acceptors (Lipinski definition) is 9. The van der Waals surface area contributed by atoms with Crippen LogP contribution in [0.5, 0.6) is 0 Å². The summed E-state index contributed by atoms with van der Waals surface area (Å²) in [6.45, 7) is 4.85. The van der Waals surface area contributed by atoms with Crippen LogP contribution in [0.4, 0.5) is 5.82 Å². The van der Waals surface area contributed by atoms with Gasteiger partial charge in [-0.2, -0.15) is 15.1 Å². The third kappa shape index (κ3) is 5.06. The van der Waals surface area contributed by atoms with Crippen LogP contribution in [0.3, 0.4) is 0 Å². The third-order valence-electron chi connectivity index (χ3n) is 7.50. The molecule has 0 radical (unpaired) electrons. The van der Waals surface area contributed by atoms with Gasteiger partial charge in [0.1, 0.15) is 31.0 Å². The van der Waals surface area contributed by atoms with E-state index >= 15 is 0 Å². The van der Waals surface area contributed by atoms with Crippen LogP contribution in [-0.4, -0.2) is 64.9 Å². The Morgan fingerprint density at radius 3 is 2.34 bits per heavy atom. The Bertz CT molecular complexity index is 1590. The smallest absolute Gasteiger partial charge is 0.226 e. The summed E-state index contributed by atoms with van der Waals surface area (Å²) in [5, 5.41) is 7.84. The van der Waals surface area contributed by atoms with Gasteiger partial charge in [-0.15, -0.1) is 0 Å². The molecule has 3 aromatic heterocycles. The molecule has 2 aromatic carbocycles. The SMILES string of the molecule is CC1(C)O[C@@H]2C(Cn3cncn3)OC(n3cnc4c(NCC(c5ccccc5)c5ccccc5)nc(Cl)nc43)[C@@H]2O1. The molecule has 5 heterocycles. The molecule has 7 rings (SSSR count). The Labute approximate surface area is 241 Å². The van der Waals surface area contributed by atoms with Gasteiger partial charge in [-0.1, -0.05) is 60.7 Å². The quantitative estimate of drug-likeness (QED) is 0.270. The van der Waals surface area contributed by atoms with Crippen LogP contribution in [0, 0.1) is 0 Å². The van der Waals surface area contributed by atoms with Crippen molar-refractivity contribution in [3.05, 3.63) is 96.1 Å². The van der Waals surface area contributed by atoms with Crippen molar-refractivity contribution < 1.29 is 14.2 Å². The Hall–Kier alpha value is -3.90. The second-order valence-corrected chi connectivity index (χ2v) is 11.0. The zero-order valence-corrected chi connectivity index (χ0v) is 23.3. The van der Waals surface area contributed by atoms with E-state index in [4.69, 9.17) is 30.8 Å². The van der Waals surface area contributed by atoms with Crippen LogP contribution in [-0.2, 0) is 20.8 Å². The number of fused-ring (bicyclic) bond motifs is 2. The summed E-state index contributed by atoms with van der Waals surface area (Å²) in [7, 11) is 0. The molecule has 0 amide bonds. The second kappa shape index (κ2) is 10.5. The molecule has 2 aliphatic rings. The van der Waals surface area contributed by atoms with E-state index in [1.54, 1.807) is 17.3 Å². The van der Waals surface area contributed by atoms with E-state index < -0.39 is 12.0 Å². The van der Waals surface area contributed by atoms with Crippen molar-refractivity contribution in [1.82, 2.24) is 34.3 Å². The van der Waals surface area contributed by atoms with Crippen LogP contribution in [0.1, 0.15) is 37.1 Å². The van der Waals surface area contributed by atoms with E-state index in [0.29, 0.717) is 30.1 Å². The number of ether oxygens (including phenoxy) is 3. The van der Waals surface area contributed by atoms with Crippen molar-refractivity contribution in [1.29, 1.82) is 0 Å². The van der Waals surface area contributed by atoms with Gasteiger partial charge >= 0.3 is 0 Å². The molecular formula is C29H29ClN8O3. The monoisotopic (exact) mass is 572 g/mol. The van der Waals surface area contributed by atoms with Gasteiger partial charge in [-0.25, -0.2) is 9.97 Å². The average molecular weight is 573 g/mol. The molecule has 0 spiro atoms. The van der Waals surface area contributed by atoms with Crippen molar-refractivity contribution in [3.63, 3.8) is 0 Å². The van der Waals surface area contributed by atoms with Crippen LogP contribution in [0.15, 0.2) is 79.6 Å². The van der Waals surface area contributed by atoms with Gasteiger partial charge in [-0.05, 0) is 36.6 Å². The summed E-state index contributed by atoms with van der Waals surface area (Å²) in [5.74, 6) is -0.128. The number of hydrogen-bond donors (Lipinski definition) is 1. The van der Waals surface area contributed by atoms with E-state index in [0.717, 1.165) is 0 Å².